The number of nitrogens with two attached hydrogens (primary N) is 1. The fourth-order valence-corrected chi connectivity index (χ4v) is 2.27. The van der Waals surface area contributed by atoms with Crippen molar-refractivity contribution >= 4 is 11.5 Å². The molecule has 0 amide bonds. The fourth-order valence-electron chi connectivity index (χ4n) is 2.27. The zero-order valence-corrected chi connectivity index (χ0v) is 12.2. The first-order valence-corrected chi connectivity index (χ1v) is 7.01. The van der Waals surface area contributed by atoms with Crippen molar-refractivity contribution in [3.05, 3.63) is 65.7 Å². The molecule has 0 heterocycles. The third kappa shape index (κ3) is 4.53. The molecular weight excluding hydrogens is 262 g/mol. The molecule has 110 valence electrons. The maximum Gasteiger partial charge on any atom is 0.140 e. The molecule has 0 bridgehead atoms. The lowest BCUT2D eigenvalue weighted by molar-refractivity contribution is 0.317. The first kappa shape index (κ1) is 14.9. The lowest BCUT2D eigenvalue weighted by atomic mass is 10.1. The topological polar surface area (TPSA) is 61.8 Å². The Kier molecular flexibility index (Phi) is 5.21. The molecule has 0 fully saturated rings. The van der Waals surface area contributed by atoms with Gasteiger partial charge in [0.1, 0.15) is 5.84 Å². The van der Waals surface area contributed by atoms with Crippen LogP contribution in [0.2, 0.25) is 0 Å². The zero-order valence-electron chi connectivity index (χ0n) is 12.2. The second kappa shape index (κ2) is 7.33. The number of anilines is 1. The van der Waals surface area contributed by atoms with Crippen molar-refractivity contribution in [3.8, 4) is 0 Å². The van der Waals surface area contributed by atoms with E-state index in [9.17, 15) is 0 Å². The first-order chi connectivity index (χ1) is 10.2. The summed E-state index contributed by atoms with van der Waals surface area (Å²) in [6, 6.07) is 18.6. The molecule has 0 unspecified atom stereocenters. The van der Waals surface area contributed by atoms with Gasteiger partial charge >= 0.3 is 0 Å². The third-order valence-electron chi connectivity index (χ3n) is 3.34. The Morgan fingerprint density at radius 3 is 2.57 bits per heavy atom. The van der Waals surface area contributed by atoms with Crippen LogP contribution in [0.4, 0.5) is 5.69 Å². The van der Waals surface area contributed by atoms with Crippen molar-refractivity contribution < 1.29 is 5.21 Å². The summed E-state index contributed by atoms with van der Waals surface area (Å²) in [4.78, 5) is 2.23. The molecule has 3 N–H and O–H groups in total. The summed E-state index contributed by atoms with van der Waals surface area (Å²) in [6.07, 6.45) is 0.525. The molecule has 0 aromatic heterocycles. The SMILES string of the molecule is Cc1cccc(CN(CC/C(N)=N/O)c2ccccc2)c1. The number of para-hydroxylation sites is 1. The monoisotopic (exact) mass is 283 g/mol. The van der Waals surface area contributed by atoms with Crippen LogP contribution >= 0.6 is 0 Å². The van der Waals surface area contributed by atoms with Gasteiger partial charge in [0.2, 0.25) is 0 Å². The molecule has 0 saturated heterocycles. The van der Waals surface area contributed by atoms with E-state index in [1.807, 2.05) is 18.2 Å². The maximum absolute atomic E-state index is 8.69. The predicted octanol–water partition coefficient (Wildman–Crippen LogP) is 3.14. The molecule has 0 aliphatic rings. The summed E-state index contributed by atoms with van der Waals surface area (Å²) in [5.74, 6) is 0.250. The van der Waals surface area contributed by atoms with Gasteiger partial charge in [-0.25, -0.2) is 0 Å². The quantitative estimate of drug-likeness (QED) is 0.370. The number of hydrogen-bond acceptors (Lipinski definition) is 3. The van der Waals surface area contributed by atoms with E-state index in [1.54, 1.807) is 0 Å². The standard InChI is InChI=1S/C17H21N3O/c1-14-6-5-7-15(12-14)13-20(11-10-17(18)19-21)16-8-3-2-4-9-16/h2-9,12,21H,10-11,13H2,1H3,(H2,18,19). The van der Waals surface area contributed by atoms with Gasteiger partial charge in [0.25, 0.3) is 0 Å². The molecule has 4 nitrogen and oxygen atoms in total. The minimum atomic E-state index is 0.250. The normalized spacial score (nSPS) is 11.4. The van der Waals surface area contributed by atoms with Crippen LogP contribution in [0.3, 0.4) is 0 Å². The molecule has 0 aliphatic carbocycles. The molecule has 0 radical (unpaired) electrons. The molecule has 2 aromatic carbocycles. The number of rotatable bonds is 6. The van der Waals surface area contributed by atoms with Gasteiger partial charge in [-0.1, -0.05) is 53.2 Å². The molecule has 21 heavy (non-hydrogen) atoms. The second-order valence-corrected chi connectivity index (χ2v) is 5.09. The Morgan fingerprint density at radius 1 is 1.14 bits per heavy atom. The van der Waals surface area contributed by atoms with E-state index in [1.165, 1.54) is 11.1 Å². The molecule has 0 aliphatic heterocycles. The largest absolute Gasteiger partial charge is 0.409 e. The Hall–Kier alpha value is -2.49. The molecular formula is C17H21N3O. The minimum Gasteiger partial charge on any atom is -0.409 e. The summed E-state index contributed by atoms with van der Waals surface area (Å²) in [6.45, 7) is 3.59. The Bertz CT molecular complexity index is 596. The predicted molar refractivity (Wildman–Crippen MR) is 86.7 cm³/mol. The summed E-state index contributed by atoms with van der Waals surface area (Å²) in [7, 11) is 0. The first-order valence-electron chi connectivity index (χ1n) is 7.01. The molecule has 0 atom stereocenters. The number of hydrogen-bond donors (Lipinski definition) is 2. The Labute approximate surface area is 125 Å². The Balaban J connectivity index is 2.15. The van der Waals surface area contributed by atoms with Crippen molar-refractivity contribution in [3.63, 3.8) is 0 Å². The van der Waals surface area contributed by atoms with Gasteiger partial charge < -0.3 is 15.8 Å². The van der Waals surface area contributed by atoms with Gasteiger partial charge in [0, 0.05) is 25.2 Å². The van der Waals surface area contributed by atoms with Crippen LogP contribution in [0, 0.1) is 6.92 Å². The lowest BCUT2D eigenvalue weighted by Gasteiger charge is -2.25. The summed E-state index contributed by atoms with van der Waals surface area (Å²) >= 11 is 0. The number of nitrogens with zero attached hydrogens (tertiary/aromatic N) is 2. The number of oxime groups is 1. The van der Waals surface area contributed by atoms with E-state index >= 15 is 0 Å². The number of aryl methyl sites for hydroxylation is 1. The molecule has 0 saturated carbocycles. The highest BCUT2D eigenvalue weighted by Crippen LogP contribution is 2.17. The van der Waals surface area contributed by atoms with Gasteiger partial charge in [0.05, 0.1) is 0 Å². The van der Waals surface area contributed by atoms with Crippen molar-refractivity contribution in [2.75, 3.05) is 11.4 Å². The van der Waals surface area contributed by atoms with Crippen LogP contribution in [-0.2, 0) is 6.54 Å². The summed E-state index contributed by atoms with van der Waals surface area (Å²) in [5.41, 5.74) is 9.22. The minimum absolute atomic E-state index is 0.250. The number of benzene rings is 2. The molecule has 2 aromatic rings. The third-order valence-corrected chi connectivity index (χ3v) is 3.34. The van der Waals surface area contributed by atoms with Gasteiger partial charge in [-0.2, -0.15) is 0 Å². The maximum atomic E-state index is 8.69. The highest BCUT2D eigenvalue weighted by Gasteiger charge is 2.08. The fraction of sp³-hybridized carbons (Fsp3) is 0.235. The summed E-state index contributed by atoms with van der Waals surface area (Å²) < 4.78 is 0. The van der Waals surface area contributed by atoms with Crippen LogP contribution in [-0.4, -0.2) is 17.6 Å². The van der Waals surface area contributed by atoms with E-state index in [0.29, 0.717) is 13.0 Å². The lowest BCUT2D eigenvalue weighted by Crippen LogP contribution is -2.27. The van der Waals surface area contributed by atoms with Crippen molar-refractivity contribution in [2.45, 2.75) is 19.9 Å². The Morgan fingerprint density at radius 2 is 1.90 bits per heavy atom. The van der Waals surface area contributed by atoms with Crippen LogP contribution in [0.15, 0.2) is 59.8 Å². The average molecular weight is 283 g/mol. The van der Waals surface area contributed by atoms with Gasteiger partial charge in [-0.3, -0.25) is 0 Å². The van der Waals surface area contributed by atoms with E-state index in [0.717, 1.165) is 12.2 Å². The van der Waals surface area contributed by atoms with Crippen molar-refractivity contribution in [1.29, 1.82) is 0 Å². The summed E-state index contributed by atoms with van der Waals surface area (Å²) in [5, 5.41) is 11.7. The van der Waals surface area contributed by atoms with Crippen LogP contribution in [0.1, 0.15) is 17.5 Å². The second-order valence-electron chi connectivity index (χ2n) is 5.09. The van der Waals surface area contributed by atoms with Crippen molar-refractivity contribution in [2.24, 2.45) is 10.9 Å². The van der Waals surface area contributed by atoms with E-state index < -0.39 is 0 Å². The van der Waals surface area contributed by atoms with E-state index in [4.69, 9.17) is 10.9 Å². The van der Waals surface area contributed by atoms with Gasteiger partial charge in [-0.15, -0.1) is 0 Å². The van der Waals surface area contributed by atoms with Crippen LogP contribution in [0.25, 0.3) is 0 Å². The number of amidine groups is 1. The average Bonchev–Trinajstić information content (AvgIpc) is 2.52. The smallest absolute Gasteiger partial charge is 0.140 e. The zero-order chi connectivity index (χ0) is 15.1. The van der Waals surface area contributed by atoms with Crippen LogP contribution < -0.4 is 10.6 Å². The highest BCUT2D eigenvalue weighted by molar-refractivity contribution is 5.80. The van der Waals surface area contributed by atoms with Crippen LogP contribution in [0.5, 0.6) is 0 Å². The highest BCUT2D eigenvalue weighted by atomic mass is 16.4. The molecule has 2 rings (SSSR count). The van der Waals surface area contributed by atoms with Crippen molar-refractivity contribution in [1.82, 2.24) is 0 Å². The van der Waals surface area contributed by atoms with Gasteiger partial charge in [0.15, 0.2) is 0 Å². The van der Waals surface area contributed by atoms with E-state index in [-0.39, 0.29) is 5.84 Å². The molecule has 4 heteroatoms. The van der Waals surface area contributed by atoms with E-state index in [2.05, 4.69) is 53.4 Å². The van der Waals surface area contributed by atoms with Gasteiger partial charge in [-0.05, 0) is 24.6 Å². The molecule has 0 spiro atoms.